The minimum atomic E-state index is -0.221. The summed E-state index contributed by atoms with van der Waals surface area (Å²) in [6, 6.07) is 12.8. The normalized spacial score (nSPS) is 17.6. The van der Waals surface area contributed by atoms with Gasteiger partial charge in [0, 0.05) is 25.1 Å². The first-order valence-electron chi connectivity index (χ1n) is 10.0. The van der Waals surface area contributed by atoms with E-state index in [-0.39, 0.29) is 30.0 Å². The molecule has 2 heterocycles. The lowest BCUT2D eigenvalue weighted by atomic mass is 9.96. The lowest BCUT2D eigenvalue weighted by molar-refractivity contribution is 0.0670. The van der Waals surface area contributed by atoms with Gasteiger partial charge in [-0.1, -0.05) is 31.2 Å². The maximum atomic E-state index is 13.4. The minimum Gasteiger partial charge on any atom is -0.489 e. The van der Waals surface area contributed by atoms with Crippen LogP contribution in [-0.2, 0) is 11.3 Å². The van der Waals surface area contributed by atoms with E-state index in [0.29, 0.717) is 41.2 Å². The first kappa shape index (κ1) is 20.1. The largest absolute Gasteiger partial charge is 0.489 e. The Kier molecular flexibility index (Phi) is 5.55. The number of nitrogens with zero attached hydrogens (tertiary/aromatic N) is 2. The SMILES string of the molecule is COCCN(Cc1nc2ccccc2c(=O)[nH]1)C(=O)c1cccc2c1OC(C)C2C. The zero-order chi connectivity index (χ0) is 21.3. The number of fused-ring (bicyclic) bond motifs is 2. The van der Waals surface area contributed by atoms with E-state index in [0.717, 1.165) is 5.56 Å². The summed E-state index contributed by atoms with van der Waals surface area (Å²) in [5.41, 5.74) is 1.93. The average molecular weight is 407 g/mol. The average Bonchev–Trinajstić information content (AvgIpc) is 3.04. The van der Waals surface area contributed by atoms with Crippen LogP contribution in [0.1, 0.15) is 41.5 Å². The highest BCUT2D eigenvalue weighted by molar-refractivity contribution is 5.97. The fourth-order valence-corrected chi connectivity index (χ4v) is 3.77. The zero-order valence-corrected chi connectivity index (χ0v) is 17.3. The summed E-state index contributed by atoms with van der Waals surface area (Å²) in [7, 11) is 1.59. The number of carbonyl (C=O) groups is 1. The van der Waals surface area contributed by atoms with E-state index in [2.05, 4.69) is 16.9 Å². The van der Waals surface area contributed by atoms with E-state index in [4.69, 9.17) is 9.47 Å². The predicted octanol–water partition coefficient (Wildman–Crippen LogP) is 3.10. The van der Waals surface area contributed by atoms with Gasteiger partial charge < -0.3 is 19.4 Å². The molecule has 3 aromatic rings. The lowest BCUT2D eigenvalue weighted by Crippen LogP contribution is -2.35. The molecule has 2 unspecified atom stereocenters. The molecule has 30 heavy (non-hydrogen) atoms. The molecule has 2 aromatic carbocycles. The van der Waals surface area contributed by atoms with Crippen LogP contribution in [0.3, 0.4) is 0 Å². The van der Waals surface area contributed by atoms with Crippen LogP contribution >= 0.6 is 0 Å². The highest BCUT2D eigenvalue weighted by Gasteiger charge is 2.32. The first-order valence-corrected chi connectivity index (χ1v) is 10.0. The number of hydrogen-bond acceptors (Lipinski definition) is 5. The third kappa shape index (κ3) is 3.68. The molecule has 1 aliphatic heterocycles. The molecule has 2 atom stereocenters. The Bertz CT molecular complexity index is 1140. The van der Waals surface area contributed by atoms with Crippen LogP contribution in [0.2, 0.25) is 0 Å². The second kappa shape index (κ2) is 8.28. The zero-order valence-electron chi connectivity index (χ0n) is 17.3. The Hall–Kier alpha value is -3.19. The summed E-state index contributed by atoms with van der Waals surface area (Å²) >= 11 is 0. The van der Waals surface area contributed by atoms with E-state index in [1.165, 1.54) is 0 Å². The van der Waals surface area contributed by atoms with Crippen molar-refractivity contribution in [3.63, 3.8) is 0 Å². The number of ether oxygens (including phenoxy) is 2. The monoisotopic (exact) mass is 407 g/mol. The molecule has 4 rings (SSSR count). The van der Waals surface area contributed by atoms with Crippen molar-refractivity contribution in [3.05, 3.63) is 69.8 Å². The van der Waals surface area contributed by atoms with Crippen LogP contribution in [0.15, 0.2) is 47.3 Å². The lowest BCUT2D eigenvalue weighted by Gasteiger charge is -2.23. The summed E-state index contributed by atoms with van der Waals surface area (Å²) in [5.74, 6) is 1.11. The highest BCUT2D eigenvalue weighted by Crippen LogP contribution is 2.40. The fraction of sp³-hybridized carbons (Fsp3) is 0.348. The summed E-state index contributed by atoms with van der Waals surface area (Å²) in [5, 5.41) is 0.522. The van der Waals surface area contributed by atoms with Crippen LogP contribution in [-0.4, -0.2) is 47.1 Å². The Labute approximate surface area is 174 Å². The molecule has 7 heteroatoms. The summed E-state index contributed by atoms with van der Waals surface area (Å²) in [4.78, 5) is 34.8. The molecule has 1 amide bonds. The number of aromatic nitrogens is 2. The molecule has 7 nitrogen and oxygen atoms in total. The predicted molar refractivity (Wildman–Crippen MR) is 114 cm³/mol. The topological polar surface area (TPSA) is 84.5 Å². The number of hydrogen-bond donors (Lipinski definition) is 1. The Balaban J connectivity index is 1.67. The van der Waals surface area contributed by atoms with Crippen LogP contribution in [0.4, 0.5) is 0 Å². The van der Waals surface area contributed by atoms with Gasteiger partial charge in [0.1, 0.15) is 17.7 Å². The molecule has 1 aliphatic rings. The molecular formula is C23H25N3O4. The van der Waals surface area contributed by atoms with Crippen LogP contribution in [0.5, 0.6) is 5.75 Å². The van der Waals surface area contributed by atoms with Gasteiger partial charge in [-0.25, -0.2) is 4.98 Å². The van der Waals surface area contributed by atoms with Crippen LogP contribution < -0.4 is 10.3 Å². The molecule has 1 aromatic heterocycles. The number of H-pyrrole nitrogens is 1. The smallest absolute Gasteiger partial charge is 0.258 e. The standard InChI is InChI=1S/C23H25N3O4/c1-14-15(2)30-21-16(14)8-6-9-18(21)23(28)26(11-12-29-3)13-20-24-19-10-5-4-7-17(19)22(27)25-20/h4-10,14-15H,11-13H2,1-3H3,(H,24,25,27). The van der Waals surface area contributed by atoms with Gasteiger partial charge in [-0.05, 0) is 25.1 Å². The van der Waals surface area contributed by atoms with Crippen molar-refractivity contribution < 1.29 is 14.3 Å². The van der Waals surface area contributed by atoms with E-state index in [1.54, 1.807) is 36.3 Å². The molecule has 0 fully saturated rings. The number of rotatable bonds is 6. The summed E-state index contributed by atoms with van der Waals surface area (Å²) < 4.78 is 11.2. The minimum absolute atomic E-state index is 0.0138. The molecule has 1 N–H and O–H groups in total. The molecule has 0 saturated heterocycles. The maximum absolute atomic E-state index is 13.4. The van der Waals surface area contributed by atoms with Crippen molar-refractivity contribution in [2.45, 2.75) is 32.4 Å². The molecule has 0 saturated carbocycles. The van der Waals surface area contributed by atoms with Crippen LogP contribution in [0, 0.1) is 0 Å². The van der Waals surface area contributed by atoms with E-state index >= 15 is 0 Å². The quantitative estimate of drug-likeness (QED) is 0.679. The van der Waals surface area contributed by atoms with Crippen molar-refractivity contribution in [3.8, 4) is 5.75 Å². The number of para-hydroxylation sites is 2. The van der Waals surface area contributed by atoms with Gasteiger partial charge in [0.25, 0.3) is 11.5 Å². The Morgan fingerprint density at radius 1 is 1.20 bits per heavy atom. The van der Waals surface area contributed by atoms with E-state index in [9.17, 15) is 9.59 Å². The van der Waals surface area contributed by atoms with Gasteiger partial charge >= 0.3 is 0 Å². The van der Waals surface area contributed by atoms with Crippen LogP contribution in [0.25, 0.3) is 10.9 Å². The molecular weight excluding hydrogens is 382 g/mol. The molecule has 156 valence electrons. The second-order valence-electron chi connectivity index (χ2n) is 7.58. The van der Waals surface area contributed by atoms with Crippen molar-refractivity contribution in [1.29, 1.82) is 0 Å². The number of methoxy groups -OCH3 is 1. The van der Waals surface area contributed by atoms with Crippen molar-refractivity contribution in [1.82, 2.24) is 14.9 Å². The Morgan fingerprint density at radius 2 is 2.00 bits per heavy atom. The maximum Gasteiger partial charge on any atom is 0.258 e. The first-order chi connectivity index (χ1) is 14.5. The fourth-order valence-electron chi connectivity index (χ4n) is 3.77. The van der Waals surface area contributed by atoms with Crippen molar-refractivity contribution >= 4 is 16.8 Å². The van der Waals surface area contributed by atoms with Gasteiger partial charge in [-0.15, -0.1) is 0 Å². The number of benzene rings is 2. The van der Waals surface area contributed by atoms with Gasteiger partial charge in [-0.2, -0.15) is 0 Å². The van der Waals surface area contributed by atoms with Gasteiger partial charge in [0.05, 0.1) is 29.6 Å². The van der Waals surface area contributed by atoms with Crippen molar-refractivity contribution in [2.75, 3.05) is 20.3 Å². The van der Waals surface area contributed by atoms with Gasteiger partial charge in [0.2, 0.25) is 0 Å². The summed E-state index contributed by atoms with van der Waals surface area (Å²) in [6.45, 7) is 4.99. The van der Waals surface area contributed by atoms with Gasteiger partial charge in [0.15, 0.2) is 0 Å². The number of carbonyl (C=O) groups excluding carboxylic acids is 1. The van der Waals surface area contributed by atoms with E-state index < -0.39 is 0 Å². The third-order valence-electron chi connectivity index (χ3n) is 5.63. The molecule has 0 aliphatic carbocycles. The third-order valence-corrected chi connectivity index (χ3v) is 5.63. The molecule has 0 spiro atoms. The molecule has 0 radical (unpaired) electrons. The highest BCUT2D eigenvalue weighted by atomic mass is 16.5. The summed E-state index contributed by atoms with van der Waals surface area (Å²) in [6.07, 6.45) is 0.0138. The number of amides is 1. The molecule has 0 bridgehead atoms. The number of aromatic amines is 1. The van der Waals surface area contributed by atoms with Gasteiger partial charge in [-0.3, -0.25) is 9.59 Å². The number of nitrogens with one attached hydrogen (secondary N) is 1. The Morgan fingerprint density at radius 3 is 2.80 bits per heavy atom. The second-order valence-corrected chi connectivity index (χ2v) is 7.58. The van der Waals surface area contributed by atoms with Crippen molar-refractivity contribution in [2.24, 2.45) is 0 Å². The van der Waals surface area contributed by atoms with E-state index in [1.807, 2.05) is 25.1 Å².